The maximum absolute atomic E-state index is 4.17. The SMILES string of the molecule is CCCCCc1ccccc1/C(=C\SC)n1ccnc1.Cl. The van der Waals surface area contributed by atoms with Crippen LogP contribution in [0.5, 0.6) is 0 Å². The van der Waals surface area contributed by atoms with Crippen LogP contribution in [0.25, 0.3) is 5.70 Å². The van der Waals surface area contributed by atoms with Gasteiger partial charge in [-0.3, -0.25) is 0 Å². The molecule has 0 N–H and O–H groups in total. The Hall–Kier alpha value is -1.19. The van der Waals surface area contributed by atoms with E-state index in [9.17, 15) is 0 Å². The number of thioether (sulfide) groups is 1. The molecule has 0 bridgehead atoms. The normalized spacial score (nSPS) is 11.2. The van der Waals surface area contributed by atoms with Crippen molar-refractivity contribution >= 4 is 29.9 Å². The van der Waals surface area contributed by atoms with Crippen LogP contribution in [0.15, 0.2) is 48.4 Å². The number of rotatable bonds is 7. The number of hydrogen-bond donors (Lipinski definition) is 0. The molecule has 0 saturated carbocycles. The van der Waals surface area contributed by atoms with E-state index in [0.29, 0.717) is 0 Å². The summed E-state index contributed by atoms with van der Waals surface area (Å²) in [6, 6.07) is 8.71. The molecule has 0 saturated heterocycles. The summed E-state index contributed by atoms with van der Waals surface area (Å²) in [5, 5.41) is 2.19. The Kier molecular flexibility index (Phi) is 8.24. The Balaban J connectivity index is 0.00000220. The van der Waals surface area contributed by atoms with Gasteiger partial charge in [-0.15, -0.1) is 24.2 Å². The molecule has 2 rings (SSSR count). The third-order valence-corrected chi connectivity index (χ3v) is 3.81. The molecule has 0 radical (unpaired) electrons. The Labute approximate surface area is 138 Å². The van der Waals surface area contributed by atoms with Crippen LogP contribution in [0.1, 0.15) is 37.3 Å². The largest absolute Gasteiger partial charge is 0.305 e. The monoisotopic (exact) mass is 322 g/mol. The van der Waals surface area contributed by atoms with Crippen molar-refractivity contribution in [3.05, 3.63) is 59.5 Å². The van der Waals surface area contributed by atoms with Crippen LogP contribution in [0, 0.1) is 0 Å². The molecular weight excluding hydrogens is 300 g/mol. The van der Waals surface area contributed by atoms with Gasteiger partial charge in [0.05, 0.1) is 12.0 Å². The topological polar surface area (TPSA) is 17.8 Å². The van der Waals surface area contributed by atoms with Crippen molar-refractivity contribution < 1.29 is 0 Å². The molecule has 0 fully saturated rings. The fourth-order valence-electron chi connectivity index (χ4n) is 2.33. The van der Waals surface area contributed by atoms with E-state index in [0.717, 1.165) is 6.42 Å². The Morgan fingerprint density at radius 3 is 2.76 bits per heavy atom. The van der Waals surface area contributed by atoms with Gasteiger partial charge in [-0.2, -0.15) is 0 Å². The van der Waals surface area contributed by atoms with Crippen LogP contribution in [0.2, 0.25) is 0 Å². The molecule has 0 spiro atoms. The lowest BCUT2D eigenvalue weighted by Crippen LogP contribution is -2.00. The lowest BCUT2D eigenvalue weighted by Gasteiger charge is -2.14. The number of aromatic nitrogens is 2. The molecule has 0 aliphatic carbocycles. The molecule has 2 aromatic rings. The Bertz CT molecular complexity index is 550. The lowest BCUT2D eigenvalue weighted by molar-refractivity contribution is 0.716. The molecule has 0 amide bonds. The number of aryl methyl sites for hydroxylation is 1. The summed E-state index contributed by atoms with van der Waals surface area (Å²) in [6.07, 6.45) is 12.7. The molecule has 1 heterocycles. The van der Waals surface area contributed by atoms with E-state index in [-0.39, 0.29) is 12.4 Å². The molecule has 1 aromatic carbocycles. The Morgan fingerprint density at radius 2 is 2.10 bits per heavy atom. The first-order valence-electron chi connectivity index (χ1n) is 7.16. The third-order valence-electron chi connectivity index (χ3n) is 3.36. The second-order valence-corrected chi connectivity index (χ2v) is 5.53. The first-order valence-corrected chi connectivity index (χ1v) is 8.45. The minimum Gasteiger partial charge on any atom is -0.305 e. The van der Waals surface area contributed by atoms with Crippen molar-refractivity contribution in [3.8, 4) is 0 Å². The van der Waals surface area contributed by atoms with Crippen molar-refractivity contribution in [3.63, 3.8) is 0 Å². The predicted octanol–water partition coefficient (Wildman–Crippen LogP) is 5.25. The van der Waals surface area contributed by atoms with Gasteiger partial charge in [0.25, 0.3) is 0 Å². The number of imidazole rings is 1. The van der Waals surface area contributed by atoms with Gasteiger partial charge in [0.2, 0.25) is 0 Å². The predicted molar refractivity (Wildman–Crippen MR) is 96.0 cm³/mol. The summed E-state index contributed by atoms with van der Waals surface area (Å²) in [5.41, 5.74) is 3.95. The highest BCUT2D eigenvalue weighted by Crippen LogP contribution is 2.24. The fraction of sp³-hybridized carbons (Fsp3) is 0.353. The molecule has 0 aliphatic heterocycles. The number of unbranched alkanes of at least 4 members (excludes halogenated alkanes) is 2. The summed E-state index contributed by atoms with van der Waals surface area (Å²) in [4.78, 5) is 4.17. The van der Waals surface area contributed by atoms with E-state index in [1.54, 1.807) is 11.8 Å². The zero-order chi connectivity index (χ0) is 14.2. The molecular formula is C17H23ClN2S. The molecule has 0 aliphatic rings. The highest BCUT2D eigenvalue weighted by Gasteiger charge is 2.08. The van der Waals surface area contributed by atoms with Crippen molar-refractivity contribution in [2.75, 3.05) is 6.26 Å². The minimum atomic E-state index is 0. The van der Waals surface area contributed by atoms with Gasteiger partial charge in [-0.05, 0) is 30.1 Å². The van der Waals surface area contributed by atoms with Crippen LogP contribution in [-0.2, 0) is 6.42 Å². The fourth-order valence-corrected chi connectivity index (χ4v) is 2.80. The molecule has 21 heavy (non-hydrogen) atoms. The summed E-state index contributed by atoms with van der Waals surface area (Å²) in [7, 11) is 0. The van der Waals surface area contributed by atoms with Gasteiger partial charge in [-0.25, -0.2) is 4.98 Å². The van der Waals surface area contributed by atoms with Crippen molar-refractivity contribution in [1.29, 1.82) is 0 Å². The van der Waals surface area contributed by atoms with Gasteiger partial charge < -0.3 is 4.57 Å². The van der Waals surface area contributed by atoms with E-state index in [1.807, 2.05) is 18.7 Å². The van der Waals surface area contributed by atoms with Crippen molar-refractivity contribution in [2.24, 2.45) is 0 Å². The summed E-state index contributed by atoms with van der Waals surface area (Å²) in [5.74, 6) is 0. The smallest absolute Gasteiger partial charge is 0.0992 e. The van der Waals surface area contributed by atoms with Crippen LogP contribution in [-0.4, -0.2) is 15.8 Å². The van der Waals surface area contributed by atoms with Gasteiger partial charge in [0, 0.05) is 18.0 Å². The number of benzene rings is 1. The molecule has 0 unspecified atom stereocenters. The average molecular weight is 323 g/mol. The molecule has 1 aromatic heterocycles. The molecule has 4 heteroatoms. The van der Waals surface area contributed by atoms with Crippen LogP contribution >= 0.6 is 24.2 Å². The third kappa shape index (κ3) is 4.94. The second-order valence-electron chi connectivity index (χ2n) is 4.82. The maximum Gasteiger partial charge on any atom is 0.0992 e. The summed E-state index contributed by atoms with van der Waals surface area (Å²) in [6.45, 7) is 2.25. The summed E-state index contributed by atoms with van der Waals surface area (Å²) < 4.78 is 2.09. The molecule has 114 valence electrons. The number of hydrogen-bond acceptors (Lipinski definition) is 2. The van der Waals surface area contributed by atoms with E-state index in [4.69, 9.17) is 0 Å². The zero-order valence-electron chi connectivity index (χ0n) is 12.7. The van der Waals surface area contributed by atoms with E-state index in [1.165, 1.54) is 36.1 Å². The highest BCUT2D eigenvalue weighted by molar-refractivity contribution is 8.01. The van der Waals surface area contributed by atoms with Crippen molar-refractivity contribution in [1.82, 2.24) is 9.55 Å². The minimum absolute atomic E-state index is 0. The van der Waals surface area contributed by atoms with Gasteiger partial charge in [0.1, 0.15) is 0 Å². The number of nitrogens with zero attached hydrogens (tertiary/aromatic N) is 2. The number of halogens is 1. The maximum atomic E-state index is 4.17. The first kappa shape index (κ1) is 17.9. The average Bonchev–Trinajstić information content (AvgIpc) is 3.00. The lowest BCUT2D eigenvalue weighted by atomic mass is 9.99. The quantitative estimate of drug-likeness (QED) is 0.648. The van der Waals surface area contributed by atoms with Crippen LogP contribution in [0.3, 0.4) is 0 Å². The van der Waals surface area contributed by atoms with Gasteiger partial charge in [-0.1, -0.05) is 44.0 Å². The zero-order valence-corrected chi connectivity index (χ0v) is 14.3. The van der Waals surface area contributed by atoms with Crippen LogP contribution < -0.4 is 0 Å². The van der Waals surface area contributed by atoms with Gasteiger partial charge >= 0.3 is 0 Å². The van der Waals surface area contributed by atoms with E-state index < -0.39 is 0 Å². The van der Waals surface area contributed by atoms with E-state index in [2.05, 4.69) is 52.4 Å². The highest BCUT2D eigenvalue weighted by atomic mass is 35.5. The first-order chi connectivity index (χ1) is 9.86. The molecule has 0 atom stereocenters. The summed E-state index contributed by atoms with van der Waals surface area (Å²) >= 11 is 1.73. The standard InChI is InChI=1S/C17H22N2S.ClH/c1-3-4-5-8-15-9-6-7-10-16(15)17(13-20-2)19-12-11-18-14-19;/h6-7,9-14H,3-5,8H2,1-2H3;1H/b17-13+;. The molecule has 2 nitrogen and oxygen atoms in total. The van der Waals surface area contributed by atoms with Crippen molar-refractivity contribution in [2.45, 2.75) is 32.6 Å². The second kappa shape index (κ2) is 9.69. The Morgan fingerprint density at radius 1 is 1.29 bits per heavy atom. The van der Waals surface area contributed by atoms with E-state index >= 15 is 0 Å². The van der Waals surface area contributed by atoms with Gasteiger partial charge in [0.15, 0.2) is 0 Å². The van der Waals surface area contributed by atoms with Crippen LogP contribution in [0.4, 0.5) is 0 Å².